The van der Waals surface area contributed by atoms with Crippen molar-refractivity contribution in [1.82, 2.24) is 0 Å². The van der Waals surface area contributed by atoms with E-state index in [1.54, 1.807) is 0 Å². The zero-order valence-electron chi connectivity index (χ0n) is 8.34. The Balaban J connectivity index is 2.89. The van der Waals surface area contributed by atoms with Crippen LogP contribution in [0.25, 0.3) is 0 Å². The lowest BCUT2D eigenvalue weighted by molar-refractivity contribution is -0.139. The molecular weight excluding hydrogens is 210 g/mol. The van der Waals surface area contributed by atoms with Crippen molar-refractivity contribution in [3.63, 3.8) is 0 Å². The van der Waals surface area contributed by atoms with E-state index in [0.717, 1.165) is 6.08 Å². The van der Waals surface area contributed by atoms with Crippen molar-refractivity contribution < 1.29 is 20.1 Å². The predicted molar refractivity (Wildman–Crippen MR) is 56.9 cm³/mol. The molecule has 5 nitrogen and oxygen atoms in total. The maximum absolute atomic E-state index is 10.8. The molecule has 5 heteroatoms. The van der Waals surface area contributed by atoms with Crippen molar-refractivity contribution in [2.45, 2.75) is 6.42 Å². The van der Waals surface area contributed by atoms with Crippen molar-refractivity contribution in [1.29, 1.82) is 5.41 Å². The summed E-state index contributed by atoms with van der Waals surface area (Å²) in [6.45, 7) is 0. The van der Waals surface area contributed by atoms with Gasteiger partial charge in [0.25, 0.3) is 0 Å². The minimum absolute atomic E-state index is 0.134. The van der Waals surface area contributed by atoms with E-state index in [0.29, 0.717) is 5.56 Å². The van der Waals surface area contributed by atoms with Crippen LogP contribution in [-0.2, 0) is 11.2 Å². The van der Waals surface area contributed by atoms with Gasteiger partial charge in [-0.3, -0.25) is 10.2 Å². The Labute approximate surface area is 91.8 Å². The summed E-state index contributed by atoms with van der Waals surface area (Å²) in [5, 5.41) is 33.8. The van der Waals surface area contributed by atoms with Crippen molar-refractivity contribution in [2.24, 2.45) is 5.92 Å². The van der Waals surface area contributed by atoms with Crippen molar-refractivity contribution in [3.8, 4) is 11.5 Å². The second-order valence-electron chi connectivity index (χ2n) is 3.28. The van der Waals surface area contributed by atoms with Crippen LogP contribution in [0.3, 0.4) is 0 Å². The third-order valence-corrected chi connectivity index (χ3v) is 2.10. The standard InChI is InChI=1S/C11H11NO4/c12-4-3-8(11(15)16)5-7-1-2-9(13)10(14)6-7/h1-3,6,8,12-14H,5H2,(H,15,16). The lowest BCUT2D eigenvalue weighted by Gasteiger charge is -2.07. The monoisotopic (exact) mass is 221 g/mol. The lowest BCUT2D eigenvalue weighted by Crippen LogP contribution is -2.13. The Morgan fingerprint density at radius 3 is 2.62 bits per heavy atom. The van der Waals surface area contributed by atoms with Gasteiger partial charge in [-0.1, -0.05) is 6.07 Å². The highest BCUT2D eigenvalue weighted by atomic mass is 16.4. The Morgan fingerprint density at radius 1 is 1.44 bits per heavy atom. The molecule has 0 saturated carbocycles. The summed E-state index contributed by atoms with van der Waals surface area (Å²) in [6.07, 6.45) is 1.27. The Hall–Kier alpha value is -2.26. The van der Waals surface area contributed by atoms with E-state index in [4.69, 9.17) is 15.6 Å². The molecule has 1 aromatic rings. The van der Waals surface area contributed by atoms with Gasteiger partial charge in [0.2, 0.25) is 0 Å². The van der Waals surface area contributed by atoms with Gasteiger partial charge in [-0.15, -0.1) is 0 Å². The smallest absolute Gasteiger partial charge is 0.311 e. The normalized spacial score (nSPS) is 11.5. The number of hydrogen-bond donors (Lipinski definition) is 4. The Bertz CT molecular complexity index is 447. The summed E-state index contributed by atoms with van der Waals surface area (Å²) in [4.78, 5) is 10.8. The molecule has 1 rings (SSSR count). The third kappa shape index (κ3) is 2.87. The average molecular weight is 221 g/mol. The fourth-order valence-electron chi connectivity index (χ4n) is 1.27. The van der Waals surface area contributed by atoms with E-state index in [9.17, 15) is 9.90 Å². The molecule has 0 heterocycles. The molecule has 0 aliphatic carbocycles. The lowest BCUT2D eigenvalue weighted by atomic mass is 9.99. The van der Waals surface area contributed by atoms with Gasteiger partial charge in [-0.2, -0.15) is 0 Å². The van der Waals surface area contributed by atoms with Gasteiger partial charge in [-0.25, -0.2) is 0 Å². The first-order valence-electron chi connectivity index (χ1n) is 4.54. The summed E-state index contributed by atoms with van der Waals surface area (Å²) < 4.78 is 0. The van der Waals surface area contributed by atoms with Crippen LogP contribution < -0.4 is 0 Å². The molecule has 0 bridgehead atoms. The second kappa shape index (κ2) is 5.00. The number of carboxylic acids is 1. The van der Waals surface area contributed by atoms with E-state index in [1.165, 1.54) is 18.2 Å². The van der Waals surface area contributed by atoms with Crippen LogP contribution in [0.1, 0.15) is 5.56 Å². The van der Waals surface area contributed by atoms with Crippen LogP contribution >= 0.6 is 0 Å². The number of hydrogen-bond acceptors (Lipinski definition) is 4. The van der Waals surface area contributed by atoms with E-state index in [-0.39, 0.29) is 17.9 Å². The summed E-state index contributed by atoms with van der Waals surface area (Å²) in [5.41, 5.74) is 0.564. The second-order valence-corrected chi connectivity index (χ2v) is 3.28. The molecule has 1 atom stereocenters. The molecule has 1 unspecified atom stereocenters. The first-order valence-corrected chi connectivity index (χ1v) is 4.54. The average Bonchev–Trinajstić information content (AvgIpc) is 2.22. The van der Waals surface area contributed by atoms with Crippen LogP contribution in [0, 0.1) is 11.3 Å². The fourth-order valence-corrected chi connectivity index (χ4v) is 1.27. The summed E-state index contributed by atoms with van der Waals surface area (Å²) in [7, 11) is 0. The molecule has 0 aliphatic rings. The van der Waals surface area contributed by atoms with Gasteiger partial charge < -0.3 is 15.3 Å². The molecule has 1 aromatic carbocycles. The predicted octanol–water partition coefficient (Wildman–Crippen LogP) is 1.15. The largest absolute Gasteiger partial charge is 0.504 e. The number of carboxylic acid groups (broad SMARTS) is 1. The number of nitrogens with one attached hydrogen (secondary N) is 1. The molecule has 0 spiro atoms. The highest BCUT2D eigenvalue weighted by molar-refractivity contribution is 5.75. The number of aliphatic carboxylic acids is 1. The first-order chi connectivity index (χ1) is 7.54. The number of carbonyl (C=O) groups is 1. The molecule has 0 fully saturated rings. The Morgan fingerprint density at radius 2 is 2.12 bits per heavy atom. The number of aromatic hydroxyl groups is 2. The van der Waals surface area contributed by atoms with Crippen molar-refractivity contribution in [2.75, 3.05) is 0 Å². The van der Waals surface area contributed by atoms with E-state index in [2.05, 4.69) is 0 Å². The molecule has 16 heavy (non-hydrogen) atoms. The van der Waals surface area contributed by atoms with E-state index in [1.807, 2.05) is 5.87 Å². The molecular formula is C11H11NO4. The van der Waals surface area contributed by atoms with Gasteiger partial charge in [-0.05, 0) is 36.1 Å². The van der Waals surface area contributed by atoms with Crippen molar-refractivity contribution >= 4 is 11.8 Å². The molecule has 84 valence electrons. The summed E-state index contributed by atoms with van der Waals surface area (Å²) >= 11 is 0. The topological polar surface area (TPSA) is 102 Å². The summed E-state index contributed by atoms with van der Waals surface area (Å²) in [5.74, 6) is -0.538. The summed E-state index contributed by atoms with van der Waals surface area (Å²) in [6, 6.07) is 4.10. The molecule has 0 aromatic heterocycles. The minimum Gasteiger partial charge on any atom is -0.504 e. The Kier molecular flexibility index (Phi) is 3.69. The molecule has 0 saturated heterocycles. The van der Waals surface area contributed by atoms with Gasteiger partial charge in [0.15, 0.2) is 11.5 Å². The SMILES string of the molecule is N=C=CC(Cc1ccc(O)c(O)c1)C(=O)O. The van der Waals surface area contributed by atoms with Crippen LogP contribution in [0.4, 0.5) is 0 Å². The van der Waals surface area contributed by atoms with Gasteiger partial charge in [0, 0.05) is 0 Å². The molecule has 0 aliphatic heterocycles. The number of phenols is 2. The van der Waals surface area contributed by atoms with Gasteiger partial charge >= 0.3 is 5.97 Å². The number of rotatable bonds is 4. The molecule has 4 N–H and O–H groups in total. The quantitative estimate of drug-likeness (QED) is 0.452. The highest BCUT2D eigenvalue weighted by Crippen LogP contribution is 2.26. The number of benzene rings is 1. The van der Waals surface area contributed by atoms with Gasteiger partial charge in [0.05, 0.1) is 5.92 Å². The van der Waals surface area contributed by atoms with Crippen LogP contribution in [0.2, 0.25) is 0 Å². The van der Waals surface area contributed by atoms with Crippen LogP contribution in [0.5, 0.6) is 11.5 Å². The maximum atomic E-state index is 10.8. The van der Waals surface area contributed by atoms with E-state index >= 15 is 0 Å². The molecule has 0 radical (unpaired) electrons. The molecule has 0 amide bonds. The zero-order chi connectivity index (χ0) is 12.1. The highest BCUT2D eigenvalue weighted by Gasteiger charge is 2.15. The minimum atomic E-state index is -1.06. The van der Waals surface area contributed by atoms with Crippen LogP contribution in [-0.4, -0.2) is 27.2 Å². The fraction of sp³-hybridized carbons (Fsp3) is 0.182. The van der Waals surface area contributed by atoms with Crippen molar-refractivity contribution in [3.05, 3.63) is 29.8 Å². The van der Waals surface area contributed by atoms with E-state index < -0.39 is 11.9 Å². The first kappa shape index (κ1) is 11.8. The zero-order valence-corrected chi connectivity index (χ0v) is 8.34. The van der Waals surface area contributed by atoms with Gasteiger partial charge in [0.1, 0.15) is 0 Å². The van der Waals surface area contributed by atoms with Crippen LogP contribution in [0.15, 0.2) is 24.3 Å². The number of phenolic OH excluding ortho intramolecular Hbond substituents is 2. The maximum Gasteiger partial charge on any atom is 0.311 e. The third-order valence-electron chi connectivity index (χ3n) is 2.10.